The molecule has 1 fully saturated rings. The number of rotatable bonds is 5. The van der Waals surface area contributed by atoms with E-state index < -0.39 is 0 Å². The molecular formula is C15H14N4O2S2. The quantitative estimate of drug-likeness (QED) is 0.756. The van der Waals surface area contributed by atoms with Gasteiger partial charge in [0.1, 0.15) is 5.01 Å². The highest BCUT2D eigenvalue weighted by Gasteiger charge is 2.33. The Labute approximate surface area is 140 Å². The Hall–Kier alpha value is -2.19. The van der Waals surface area contributed by atoms with Crippen LogP contribution >= 0.6 is 22.7 Å². The first kappa shape index (κ1) is 14.4. The van der Waals surface area contributed by atoms with Crippen molar-refractivity contribution in [1.29, 1.82) is 0 Å². The predicted octanol–water partition coefficient (Wildman–Crippen LogP) is 4.06. The Morgan fingerprint density at radius 3 is 3.00 bits per heavy atom. The van der Waals surface area contributed by atoms with E-state index in [-0.39, 0.29) is 6.03 Å². The van der Waals surface area contributed by atoms with E-state index in [2.05, 4.69) is 15.5 Å². The van der Waals surface area contributed by atoms with Gasteiger partial charge in [0, 0.05) is 22.5 Å². The molecule has 8 heteroatoms. The number of nitrogens with one attached hydrogen (secondary N) is 1. The number of hydrogen-bond donors (Lipinski definition) is 1. The van der Waals surface area contributed by atoms with Crippen LogP contribution in [0, 0.1) is 0 Å². The van der Waals surface area contributed by atoms with Crippen LogP contribution in [-0.4, -0.2) is 27.2 Å². The Kier molecular flexibility index (Phi) is 3.84. The number of furan rings is 1. The number of hydrogen-bond acceptors (Lipinski definition) is 6. The number of anilines is 1. The van der Waals surface area contributed by atoms with Gasteiger partial charge < -0.3 is 9.32 Å². The van der Waals surface area contributed by atoms with Crippen LogP contribution in [0.2, 0.25) is 0 Å². The molecule has 2 amide bonds. The molecule has 1 aliphatic carbocycles. The molecule has 0 aromatic carbocycles. The molecular weight excluding hydrogens is 332 g/mol. The highest BCUT2D eigenvalue weighted by molar-refractivity contribution is 7.19. The van der Waals surface area contributed by atoms with Crippen LogP contribution < -0.4 is 5.32 Å². The Morgan fingerprint density at radius 2 is 2.30 bits per heavy atom. The molecule has 0 unspecified atom stereocenters. The van der Waals surface area contributed by atoms with Gasteiger partial charge in [-0.15, -0.1) is 10.2 Å². The molecule has 0 saturated heterocycles. The number of carbonyl (C=O) groups is 1. The van der Waals surface area contributed by atoms with Gasteiger partial charge in [0.2, 0.25) is 5.13 Å². The highest BCUT2D eigenvalue weighted by atomic mass is 32.1. The van der Waals surface area contributed by atoms with E-state index >= 15 is 0 Å². The van der Waals surface area contributed by atoms with E-state index in [4.69, 9.17) is 4.42 Å². The molecule has 3 heterocycles. The topological polar surface area (TPSA) is 71.3 Å². The average Bonchev–Trinajstić information content (AvgIpc) is 3.02. The summed E-state index contributed by atoms with van der Waals surface area (Å²) >= 11 is 2.99. The summed E-state index contributed by atoms with van der Waals surface area (Å²) in [6, 6.07) is 4.03. The standard InChI is InChI=1S/C15H14N4O2S2/c20-15(19(12-1-2-12)7-10-3-5-21-8-10)16-14-18-17-13(23-14)11-4-6-22-9-11/h3-6,8-9,12H,1-2,7H2,(H,16,18,20). The molecule has 1 N–H and O–H groups in total. The van der Waals surface area contributed by atoms with Crippen LogP contribution in [0.1, 0.15) is 18.4 Å². The zero-order chi connectivity index (χ0) is 15.6. The van der Waals surface area contributed by atoms with Gasteiger partial charge in [0.15, 0.2) is 0 Å². The SMILES string of the molecule is O=C(Nc1nnc(-c2ccsc2)s1)N(Cc1ccoc1)C1CC1. The van der Waals surface area contributed by atoms with Crippen molar-refractivity contribution in [2.24, 2.45) is 0 Å². The molecule has 1 aliphatic rings. The summed E-state index contributed by atoms with van der Waals surface area (Å²) in [5.41, 5.74) is 2.02. The summed E-state index contributed by atoms with van der Waals surface area (Å²) in [7, 11) is 0. The van der Waals surface area contributed by atoms with E-state index in [1.54, 1.807) is 23.9 Å². The predicted molar refractivity (Wildman–Crippen MR) is 89.5 cm³/mol. The number of carbonyl (C=O) groups excluding carboxylic acids is 1. The number of thiophene rings is 1. The zero-order valence-electron chi connectivity index (χ0n) is 12.1. The maximum Gasteiger partial charge on any atom is 0.324 e. The minimum absolute atomic E-state index is 0.137. The third-order valence-corrected chi connectivity index (χ3v) is 5.16. The van der Waals surface area contributed by atoms with E-state index in [1.807, 2.05) is 27.8 Å². The maximum absolute atomic E-state index is 12.5. The van der Waals surface area contributed by atoms with Crippen molar-refractivity contribution in [1.82, 2.24) is 15.1 Å². The second kappa shape index (κ2) is 6.13. The van der Waals surface area contributed by atoms with E-state index in [9.17, 15) is 4.79 Å². The summed E-state index contributed by atoms with van der Waals surface area (Å²) in [6.07, 6.45) is 5.38. The molecule has 4 rings (SSSR count). The van der Waals surface area contributed by atoms with Crippen LogP contribution in [0.3, 0.4) is 0 Å². The lowest BCUT2D eigenvalue weighted by molar-refractivity contribution is 0.206. The fourth-order valence-electron chi connectivity index (χ4n) is 2.27. The van der Waals surface area contributed by atoms with Crippen molar-refractivity contribution in [2.45, 2.75) is 25.4 Å². The van der Waals surface area contributed by atoms with Crippen LogP contribution in [0.15, 0.2) is 39.8 Å². The van der Waals surface area contributed by atoms with Crippen molar-refractivity contribution in [2.75, 3.05) is 5.32 Å². The smallest absolute Gasteiger partial charge is 0.324 e. The van der Waals surface area contributed by atoms with E-state index in [0.29, 0.717) is 17.7 Å². The Balaban J connectivity index is 1.45. The summed E-state index contributed by atoms with van der Waals surface area (Å²) in [5.74, 6) is 0. The second-order valence-electron chi connectivity index (χ2n) is 5.35. The number of amides is 2. The Morgan fingerprint density at radius 1 is 1.39 bits per heavy atom. The van der Waals surface area contributed by atoms with Gasteiger partial charge in [0.05, 0.1) is 19.1 Å². The van der Waals surface area contributed by atoms with Gasteiger partial charge in [-0.3, -0.25) is 5.32 Å². The van der Waals surface area contributed by atoms with Crippen LogP contribution in [0.25, 0.3) is 10.6 Å². The van der Waals surface area contributed by atoms with Crippen molar-refractivity contribution >= 4 is 33.8 Å². The summed E-state index contributed by atoms with van der Waals surface area (Å²) in [6.45, 7) is 0.545. The van der Waals surface area contributed by atoms with Gasteiger partial charge in [0.25, 0.3) is 0 Å². The fraction of sp³-hybridized carbons (Fsp3) is 0.267. The molecule has 6 nitrogen and oxygen atoms in total. The summed E-state index contributed by atoms with van der Waals surface area (Å²) < 4.78 is 5.08. The number of nitrogens with zero attached hydrogens (tertiary/aromatic N) is 3. The molecule has 0 aliphatic heterocycles. The highest BCUT2D eigenvalue weighted by Crippen LogP contribution is 2.31. The first-order valence-electron chi connectivity index (χ1n) is 7.24. The maximum atomic E-state index is 12.5. The van der Waals surface area contributed by atoms with Gasteiger partial charge in [-0.25, -0.2) is 4.79 Å². The van der Waals surface area contributed by atoms with Crippen molar-refractivity contribution in [3.8, 4) is 10.6 Å². The molecule has 118 valence electrons. The van der Waals surface area contributed by atoms with E-state index in [1.165, 1.54) is 11.3 Å². The third kappa shape index (κ3) is 3.27. The fourth-order valence-corrected chi connectivity index (χ4v) is 3.72. The van der Waals surface area contributed by atoms with Gasteiger partial charge >= 0.3 is 6.03 Å². The first-order chi connectivity index (χ1) is 11.3. The Bertz CT molecular complexity index is 778. The lowest BCUT2D eigenvalue weighted by Crippen LogP contribution is -2.36. The lowest BCUT2D eigenvalue weighted by Gasteiger charge is -2.21. The summed E-state index contributed by atoms with van der Waals surface area (Å²) in [5, 5.41) is 16.4. The second-order valence-corrected chi connectivity index (χ2v) is 7.10. The van der Waals surface area contributed by atoms with Gasteiger partial charge in [-0.05, 0) is 30.4 Å². The minimum Gasteiger partial charge on any atom is -0.472 e. The molecule has 1 saturated carbocycles. The molecule has 0 spiro atoms. The van der Waals surface area contributed by atoms with Crippen LogP contribution in [0.5, 0.6) is 0 Å². The molecule has 23 heavy (non-hydrogen) atoms. The van der Waals surface area contributed by atoms with Gasteiger partial charge in [-0.1, -0.05) is 11.3 Å². The van der Waals surface area contributed by atoms with Crippen LogP contribution in [0.4, 0.5) is 9.93 Å². The average molecular weight is 346 g/mol. The van der Waals surface area contributed by atoms with Gasteiger partial charge in [-0.2, -0.15) is 11.3 Å². The minimum atomic E-state index is -0.137. The van der Waals surface area contributed by atoms with Crippen molar-refractivity contribution in [3.63, 3.8) is 0 Å². The largest absolute Gasteiger partial charge is 0.472 e. The molecule has 0 radical (unpaired) electrons. The first-order valence-corrected chi connectivity index (χ1v) is 9.00. The number of urea groups is 1. The molecule has 3 aromatic heterocycles. The summed E-state index contributed by atoms with van der Waals surface area (Å²) in [4.78, 5) is 14.4. The van der Waals surface area contributed by atoms with E-state index in [0.717, 1.165) is 29.0 Å². The number of aromatic nitrogens is 2. The van der Waals surface area contributed by atoms with Crippen molar-refractivity contribution < 1.29 is 9.21 Å². The van der Waals surface area contributed by atoms with Crippen molar-refractivity contribution in [3.05, 3.63) is 41.0 Å². The zero-order valence-corrected chi connectivity index (χ0v) is 13.8. The lowest BCUT2D eigenvalue weighted by atomic mass is 10.3. The van der Waals surface area contributed by atoms with Crippen LogP contribution in [-0.2, 0) is 6.54 Å². The monoisotopic (exact) mass is 346 g/mol. The molecule has 0 bridgehead atoms. The molecule has 3 aromatic rings. The molecule has 0 atom stereocenters. The third-order valence-electron chi connectivity index (χ3n) is 3.59. The normalized spacial score (nSPS) is 13.9.